The van der Waals surface area contributed by atoms with Crippen molar-refractivity contribution < 1.29 is 47.3 Å². The molecule has 0 aliphatic heterocycles. The van der Waals surface area contributed by atoms with Crippen molar-refractivity contribution in [2.24, 2.45) is 0 Å². The van der Waals surface area contributed by atoms with Crippen LogP contribution in [0.3, 0.4) is 0 Å². The van der Waals surface area contributed by atoms with Crippen LogP contribution in [0, 0.1) is 0 Å². The average Bonchev–Trinajstić information content (AvgIpc) is 2.95. The highest BCUT2D eigenvalue weighted by molar-refractivity contribution is 8.24. The number of methoxy groups -OCH3 is 1. The van der Waals surface area contributed by atoms with Gasteiger partial charge in [-0.05, 0) is 32.5 Å². The number of carbonyl (C=O) groups excluding carboxylic acids is 3. The third-order valence-electron chi connectivity index (χ3n) is 6.57. The number of quaternary nitrogens is 1. The zero-order valence-corrected chi connectivity index (χ0v) is 30.3. The smallest absolute Gasteiger partial charge is 0.321 e. The van der Waals surface area contributed by atoms with E-state index in [1.807, 2.05) is 28.1 Å². The monoisotopic (exact) mass is 677 g/mol. The van der Waals surface area contributed by atoms with Gasteiger partial charge in [-0.1, -0.05) is 38.7 Å². The van der Waals surface area contributed by atoms with Gasteiger partial charge in [0.1, 0.15) is 52.3 Å². The molecule has 0 spiro atoms. The Kier molecular flexibility index (Phi) is 21.4. The van der Waals surface area contributed by atoms with Crippen molar-refractivity contribution in [3.63, 3.8) is 0 Å². The van der Waals surface area contributed by atoms with Crippen molar-refractivity contribution >= 4 is 78.0 Å². The second-order valence-electron chi connectivity index (χ2n) is 11.5. The fourth-order valence-electron chi connectivity index (χ4n) is 3.52. The van der Waals surface area contributed by atoms with Gasteiger partial charge in [0.05, 0.1) is 41.0 Å². The van der Waals surface area contributed by atoms with E-state index in [4.69, 9.17) is 52.9 Å². The van der Waals surface area contributed by atoms with E-state index in [0.29, 0.717) is 34.9 Å². The molecule has 3 unspecified atom stereocenters. The Bertz CT molecular complexity index is 927. The molecule has 44 heavy (non-hydrogen) atoms. The van der Waals surface area contributed by atoms with E-state index in [0.717, 1.165) is 0 Å². The molecule has 0 saturated carbocycles. The minimum atomic E-state index is -1.12. The van der Waals surface area contributed by atoms with Gasteiger partial charge in [0.25, 0.3) is 11.1 Å². The molecule has 0 rings (SSSR count). The summed E-state index contributed by atoms with van der Waals surface area (Å²) in [6.07, 6.45) is 0.823. The van der Waals surface area contributed by atoms with Crippen LogP contribution in [-0.4, -0.2) is 139 Å². The molecule has 0 fully saturated rings. The number of thioether (sulfide) groups is 1. The van der Waals surface area contributed by atoms with Crippen LogP contribution in [0.4, 0.5) is 0 Å². The van der Waals surface area contributed by atoms with Gasteiger partial charge in [0.15, 0.2) is 0 Å². The summed E-state index contributed by atoms with van der Waals surface area (Å²) in [5, 5.41) is 1.96. The molecular formula is C28H51B2N2O9S3+. The lowest BCUT2D eigenvalue weighted by Crippen LogP contribution is -2.39. The maximum absolute atomic E-state index is 13.2. The zero-order chi connectivity index (χ0) is 33.8. The van der Waals surface area contributed by atoms with Gasteiger partial charge in [-0.25, -0.2) is 0 Å². The molecule has 0 aromatic heterocycles. The maximum atomic E-state index is 13.2. The minimum absolute atomic E-state index is 0.0132. The first-order chi connectivity index (χ1) is 20.5. The molecule has 0 bridgehead atoms. The summed E-state index contributed by atoms with van der Waals surface area (Å²) in [6.45, 7) is 9.21. The van der Waals surface area contributed by atoms with Gasteiger partial charge in [-0.2, -0.15) is 0 Å². The van der Waals surface area contributed by atoms with E-state index in [9.17, 15) is 14.4 Å². The van der Waals surface area contributed by atoms with Crippen LogP contribution in [0.15, 0.2) is 0 Å². The lowest BCUT2D eigenvalue weighted by Gasteiger charge is -2.30. The maximum Gasteiger partial charge on any atom is 0.321 e. The topological polar surface area (TPSA) is 119 Å². The SMILES string of the molecule is CCC(C)([B]CC([B]CC(C)(SC(C)=S)C(=O)OCCOC(=S)NC)C(=O)OCCOCCOC)C(=O)OCC[N+](C)(C)C. The number of nitrogens with zero attached hydrogens (tertiary/aromatic N) is 1. The molecule has 3 atom stereocenters. The normalized spacial score (nSPS) is 14.7. The van der Waals surface area contributed by atoms with Crippen LogP contribution in [0.1, 0.15) is 34.1 Å². The Morgan fingerprint density at radius 3 is 2.07 bits per heavy atom. The van der Waals surface area contributed by atoms with E-state index in [-0.39, 0.29) is 56.8 Å². The molecule has 0 amide bonds. The highest BCUT2D eigenvalue weighted by Crippen LogP contribution is 2.37. The van der Waals surface area contributed by atoms with Crippen LogP contribution in [0.2, 0.25) is 23.8 Å². The van der Waals surface area contributed by atoms with E-state index >= 15 is 0 Å². The predicted molar refractivity (Wildman–Crippen MR) is 184 cm³/mol. The second kappa shape index (κ2) is 22.1. The molecule has 16 heteroatoms. The van der Waals surface area contributed by atoms with Crippen molar-refractivity contribution in [2.45, 2.75) is 62.6 Å². The number of esters is 3. The molecule has 11 nitrogen and oxygen atoms in total. The second-order valence-corrected chi connectivity index (χ2v) is 14.5. The van der Waals surface area contributed by atoms with Gasteiger partial charge >= 0.3 is 11.9 Å². The van der Waals surface area contributed by atoms with E-state index < -0.39 is 27.8 Å². The lowest BCUT2D eigenvalue weighted by molar-refractivity contribution is -0.870. The number of rotatable bonds is 23. The molecule has 0 aliphatic rings. The minimum Gasteiger partial charge on any atom is -0.467 e. The van der Waals surface area contributed by atoms with Gasteiger partial charge < -0.3 is 38.2 Å². The number of hydrogen-bond donors (Lipinski definition) is 1. The highest BCUT2D eigenvalue weighted by atomic mass is 32.2. The van der Waals surface area contributed by atoms with Gasteiger partial charge in [0, 0.05) is 29.5 Å². The van der Waals surface area contributed by atoms with Crippen molar-refractivity contribution in [2.75, 3.05) is 88.1 Å². The Labute approximate surface area is 280 Å². The summed E-state index contributed by atoms with van der Waals surface area (Å²) in [5.74, 6) is -2.12. The predicted octanol–water partition coefficient (Wildman–Crippen LogP) is 2.97. The number of hydrogen-bond acceptors (Lipinski definition) is 12. The fraction of sp³-hybridized carbons (Fsp3) is 0.821. The van der Waals surface area contributed by atoms with Gasteiger partial charge in [-0.3, -0.25) is 14.4 Å². The Morgan fingerprint density at radius 1 is 0.909 bits per heavy atom. The molecule has 2 radical (unpaired) electrons. The third-order valence-corrected chi connectivity index (χ3v) is 8.21. The number of carbonyl (C=O) groups is 3. The van der Waals surface area contributed by atoms with Crippen LogP contribution in [0.5, 0.6) is 0 Å². The standard InChI is InChI=1S/C28H50B2N2O9S3/c1-10-27(3,24(34)39-12-11-32(6,7)8)30-19-22(23(33)38-16-15-37-14-13-36-9)29-20-28(4,44-21(2)42)25(35)40-17-18-41-26(43)31-5/h22H,10-20H2,1-9H3/p+1. The van der Waals surface area contributed by atoms with Crippen molar-refractivity contribution in [3.05, 3.63) is 0 Å². The zero-order valence-electron chi connectivity index (χ0n) is 27.9. The lowest BCUT2D eigenvalue weighted by atomic mass is 9.43. The quantitative estimate of drug-likeness (QED) is 0.0427. The molecule has 0 aromatic rings. The van der Waals surface area contributed by atoms with Gasteiger partial charge in [-0.15, -0.1) is 11.8 Å². The first kappa shape index (κ1) is 42.5. The summed E-state index contributed by atoms with van der Waals surface area (Å²) in [5.41, 5.74) is 0. The summed E-state index contributed by atoms with van der Waals surface area (Å²) in [7, 11) is 12.8. The van der Waals surface area contributed by atoms with Crippen molar-refractivity contribution in [1.29, 1.82) is 0 Å². The number of nitrogens with one attached hydrogen (secondary N) is 1. The van der Waals surface area contributed by atoms with E-state index in [1.54, 1.807) is 49.5 Å². The Morgan fingerprint density at radius 2 is 1.50 bits per heavy atom. The molecule has 0 aliphatic carbocycles. The third kappa shape index (κ3) is 18.5. The van der Waals surface area contributed by atoms with Crippen molar-refractivity contribution in [3.8, 4) is 0 Å². The number of ether oxygens (including phenoxy) is 6. The van der Waals surface area contributed by atoms with Crippen LogP contribution in [0.25, 0.3) is 0 Å². The van der Waals surface area contributed by atoms with E-state index in [2.05, 4.69) is 5.32 Å². The first-order valence-electron chi connectivity index (χ1n) is 14.6. The van der Waals surface area contributed by atoms with E-state index in [1.165, 1.54) is 11.8 Å². The molecule has 0 saturated heterocycles. The Hall–Kier alpha value is -1.45. The molecule has 1 N–H and O–H groups in total. The fourth-order valence-corrected chi connectivity index (χ4v) is 5.11. The molecule has 0 aromatic carbocycles. The van der Waals surface area contributed by atoms with Crippen LogP contribution >= 0.6 is 36.2 Å². The largest absolute Gasteiger partial charge is 0.467 e. The molecule has 250 valence electrons. The Balaban J connectivity index is 5.63. The first-order valence-corrected chi connectivity index (χ1v) is 16.3. The number of likely N-dealkylation sites (N-methyl/N-ethyl adjacent to an activating group) is 1. The summed E-state index contributed by atoms with van der Waals surface area (Å²) in [6, 6.07) is 0. The average molecular weight is 678 g/mol. The molecular weight excluding hydrogens is 626 g/mol. The van der Waals surface area contributed by atoms with Crippen molar-refractivity contribution in [1.82, 2.24) is 5.32 Å². The van der Waals surface area contributed by atoms with Crippen LogP contribution in [-0.2, 0) is 42.8 Å². The summed E-state index contributed by atoms with van der Waals surface area (Å²) in [4.78, 5) is 39.5. The van der Waals surface area contributed by atoms with Gasteiger partial charge in [0.2, 0.25) is 0 Å². The summed E-state index contributed by atoms with van der Waals surface area (Å²) < 4.78 is 32.3. The van der Waals surface area contributed by atoms with Crippen LogP contribution < -0.4 is 5.32 Å². The highest BCUT2D eigenvalue weighted by Gasteiger charge is 2.40. The summed E-state index contributed by atoms with van der Waals surface area (Å²) >= 11 is 11.4. The molecule has 0 heterocycles. The number of thiocarbonyl (C=S) groups is 2.